The highest BCUT2D eigenvalue weighted by Crippen LogP contribution is 2.32. The number of carbonyl (C=O) groups is 1. The Balaban J connectivity index is 1.99. The van der Waals surface area contributed by atoms with Gasteiger partial charge in [-0.15, -0.1) is 0 Å². The van der Waals surface area contributed by atoms with E-state index in [1.807, 2.05) is 13.1 Å². The fourth-order valence-corrected chi connectivity index (χ4v) is 2.37. The van der Waals surface area contributed by atoms with Gasteiger partial charge >= 0.3 is 0 Å². The van der Waals surface area contributed by atoms with E-state index in [-0.39, 0.29) is 11.8 Å². The summed E-state index contributed by atoms with van der Waals surface area (Å²) in [5.74, 6) is 1.58. The molecule has 2 heterocycles. The lowest BCUT2D eigenvalue weighted by Gasteiger charge is -2.09. The molecule has 19 heavy (non-hydrogen) atoms. The average molecular weight is 321 g/mol. The van der Waals surface area contributed by atoms with Crippen molar-refractivity contribution in [3.63, 3.8) is 0 Å². The first-order chi connectivity index (χ1) is 9.19. The van der Waals surface area contributed by atoms with Crippen molar-refractivity contribution in [2.24, 2.45) is 5.92 Å². The highest BCUT2D eigenvalue weighted by Gasteiger charge is 2.29. The third-order valence-electron chi connectivity index (χ3n) is 3.16. The average Bonchev–Trinajstić information content (AvgIpc) is 3.24. The minimum Gasteiger partial charge on any atom is -0.373 e. The van der Waals surface area contributed by atoms with Crippen LogP contribution in [0.25, 0.3) is 10.8 Å². The van der Waals surface area contributed by atoms with Gasteiger partial charge in [-0.2, -0.15) is 0 Å². The zero-order valence-electron chi connectivity index (χ0n) is 10.4. The van der Waals surface area contributed by atoms with Crippen LogP contribution in [-0.4, -0.2) is 22.9 Å². The van der Waals surface area contributed by atoms with Crippen LogP contribution in [0.2, 0.25) is 0 Å². The first-order valence-electron chi connectivity index (χ1n) is 6.12. The summed E-state index contributed by atoms with van der Waals surface area (Å²) in [5, 5.41) is 7.77. The molecule has 0 aromatic carbocycles. The molecule has 0 radical (unpaired) electrons. The van der Waals surface area contributed by atoms with Crippen LogP contribution in [0.5, 0.6) is 0 Å². The Bertz CT molecular complexity index is 654. The molecule has 2 N–H and O–H groups in total. The Kier molecular flexibility index (Phi) is 3.10. The van der Waals surface area contributed by atoms with Crippen LogP contribution in [0, 0.1) is 5.92 Å². The summed E-state index contributed by atoms with van der Waals surface area (Å²) >= 11 is 3.47. The molecule has 0 unspecified atom stereocenters. The number of hydrogen-bond donors (Lipinski definition) is 2. The van der Waals surface area contributed by atoms with E-state index in [1.165, 1.54) is 0 Å². The maximum atomic E-state index is 11.7. The molecule has 98 valence electrons. The number of amides is 1. The summed E-state index contributed by atoms with van der Waals surface area (Å²) in [7, 11) is 1.82. The van der Waals surface area contributed by atoms with Crippen molar-refractivity contribution in [3.8, 4) is 0 Å². The van der Waals surface area contributed by atoms with E-state index >= 15 is 0 Å². The summed E-state index contributed by atoms with van der Waals surface area (Å²) in [6, 6.07) is 1.86. The van der Waals surface area contributed by atoms with Crippen molar-refractivity contribution in [1.82, 2.24) is 9.97 Å². The van der Waals surface area contributed by atoms with E-state index in [0.29, 0.717) is 5.82 Å². The van der Waals surface area contributed by atoms with Crippen LogP contribution in [-0.2, 0) is 4.79 Å². The second kappa shape index (κ2) is 4.77. The molecule has 1 saturated carbocycles. The van der Waals surface area contributed by atoms with Crippen molar-refractivity contribution >= 4 is 44.2 Å². The van der Waals surface area contributed by atoms with Crippen molar-refractivity contribution in [2.45, 2.75) is 12.8 Å². The Labute approximate surface area is 119 Å². The van der Waals surface area contributed by atoms with Crippen LogP contribution in [0.4, 0.5) is 11.6 Å². The fraction of sp³-hybridized carbons (Fsp3) is 0.308. The highest BCUT2D eigenvalue weighted by molar-refractivity contribution is 9.10. The standard InChI is InChI=1S/C13H13BrN4O/c1-15-12-9-5-16-11(18-13(19)7-2-3-7)4-8(9)10(14)6-17-12/h4-7H,2-3H2,1H3,(H,15,17)(H,16,18,19). The summed E-state index contributed by atoms with van der Waals surface area (Å²) in [5.41, 5.74) is 0. The number of fused-ring (bicyclic) bond motifs is 1. The molecule has 1 fully saturated rings. The third-order valence-corrected chi connectivity index (χ3v) is 3.79. The molecule has 1 amide bonds. The predicted octanol–water partition coefficient (Wildman–Crippen LogP) is 2.78. The number of carbonyl (C=O) groups excluding carboxylic acids is 1. The van der Waals surface area contributed by atoms with Crippen molar-refractivity contribution in [3.05, 3.63) is 22.9 Å². The van der Waals surface area contributed by atoms with Crippen LogP contribution < -0.4 is 10.6 Å². The van der Waals surface area contributed by atoms with E-state index in [1.54, 1.807) is 12.4 Å². The van der Waals surface area contributed by atoms with Gasteiger partial charge in [0.05, 0.1) is 0 Å². The minimum absolute atomic E-state index is 0.0610. The molecule has 2 aromatic rings. The number of pyridine rings is 2. The molecule has 1 aliphatic carbocycles. The number of nitrogens with zero attached hydrogens (tertiary/aromatic N) is 2. The van der Waals surface area contributed by atoms with Gasteiger partial charge in [0.15, 0.2) is 0 Å². The minimum atomic E-state index is 0.0610. The molecule has 0 atom stereocenters. The quantitative estimate of drug-likeness (QED) is 0.912. The van der Waals surface area contributed by atoms with Gasteiger partial charge in [0.1, 0.15) is 11.6 Å². The van der Waals surface area contributed by atoms with E-state index in [0.717, 1.165) is 33.9 Å². The van der Waals surface area contributed by atoms with E-state index in [2.05, 4.69) is 36.5 Å². The van der Waals surface area contributed by atoms with Gasteiger partial charge in [-0.3, -0.25) is 4.79 Å². The molecule has 0 aliphatic heterocycles. The first-order valence-corrected chi connectivity index (χ1v) is 6.91. The first kappa shape index (κ1) is 12.3. The van der Waals surface area contributed by atoms with Gasteiger partial charge in [0, 0.05) is 40.6 Å². The Morgan fingerprint density at radius 3 is 2.79 bits per heavy atom. The SMILES string of the molecule is CNc1ncc(Br)c2cc(NC(=O)C3CC3)ncc12. The normalized spacial score (nSPS) is 14.4. The summed E-state index contributed by atoms with van der Waals surface area (Å²) < 4.78 is 0.880. The lowest BCUT2D eigenvalue weighted by molar-refractivity contribution is -0.117. The fourth-order valence-electron chi connectivity index (χ4n) is 1.94. The van der Waals surface area contributed by atoms with E-state index in [9.17, 15) is 4.79 Å². The number of anilines is 2. The molecule has 5 nitrogen and oxygen atoms in total. The topological polar surface area (TPSA) is 66.9 Å². The van der Waals surface area contributed by atoms with Gasteiger partial charge in [-0.05, 0) is 34.8 Å². The van der Waals surface area contributed by atoms with E-state index in [4.69, 9.17) is 0 Å². The zero-order chi connectivity index (χ0) is 13.4. The Hall–Kier alpha value is -1.69. The second-order valence-corrected chi connectivity index (χ2v) is 5.44. The molecule has 3 rings (SSSR count). The molecular weight excluding hydrogens is 308 g/mol. The second-order valence-electron chi connectivity index (χ2n) is 4.58. The van der Waals surface area contributed by atoms with Crippen LogP contribution >= 0.6 is 15.9 Å². The largest absolute Gasteiger partial charge is 0.373 e. The van der Waals surface area contributed by atoms with Crippen LogP contribution in [0.15, 0.2) is 22.9 Å². The molecular formula is C13H13BrN4O. The van der Waals surface area contributed by atoms with Gasteiger partial charge in [-0.1, -0.05) is 0 Å². The van der Waals surface area contributed by atoms with Crippen LogP contribution in [0.3, 0.4) is 0 Å². The van der Waals surface area contributed by atoms with E-state index < -0.39 is 0 Å². The number of halogens is 1. The maximum Gasteiger partial charge on any atom is 0.228 e. The van der Waals surface area contributed by atoms with Gasteiger partial charge in [0.2, 0.25) is 5.91 Å². The van der Waals surface area contributed by atoms with Crippen molar-refractivity contribution < 1.29 is 4.79 Å². The molecule has 2 aromatic heterocycles. The van der Waals surface area contributed by atoms with Crippen molar-refractivity contribution in [2.75, 3.05) is 17.7 Å². The lowest BCUT2D eigenvalue weighted by atomic mass is 10.2. The highest BCUT2D eigenvalue weighted by atomic mass is 79.9. The molecule has 1 aliphatic rings. The van der Waals surface area contributed by atoms with Gasteiger partial charge in [-0.25, -0.2) is 9.97 Å². The number of nitrogens with one attached hydrogen (secondary N) is 2. The smallest absolute Gasteiger partial charge is 0.228 e. The third kappa shape index (κ3) is 2.40. The Morgan fingerprint density at radius 2 is 2.11 bits per heavy atom. The summed E-state index contributed by atoms with van der Waals surface area (Å²) in [6.45, 7) is 0. The summed E-state index contributed by atoms with van der Waals surface area (Å²) in [4.78, 5) is 20.3. The molecule has 6 heteroatoms. The number of hydrogen-bond acceptors (Lipinski definition) is 4. The number of aromatic nitrogens is 2. The lowest BCUT2D eigenvalue weighted by Crippen LogP contribution is -2.14. The van der Waals surface area contributed by atoms with Crippen LogP contribution in [0.1, 0.15) is 12.8 Å². The molecule has 0 bridgehead atoms. The monoisotopic (exact) mass is 320 g/mol. The van der Waals surface area contributed by atoms with Gasteiger partial charge in [0.25, 0.3) is 0 Å². The zero-order valence-corrected chi connectivity index (χ0v) is 12.0. The molecule has 0 spiro atoms. The predicted molar refractivity (Wildman–Crippen MR) is 78.1 cm³/mol. The maximum absolute atomic E-state index is 11.7. The summed E-state index contributed by atoms with van der Waals surface area (Å²) in [6.07, 6.45) is 5.43. The number of rotatable bonds is 3. The Morgan fingerprint density at radius 1 is 1.32 bits per heavy atom. The van der Waals surface area contributed by atoms with Gasteiger partial charge < -0.3 is 10.6 Å². The molecule has 0 saturated heterocycles. The van der Waals surface area contributed by atoms with Crippen molar-refractivity contribution in [1.29, 1.82) is 0 Å².